The maximum absolute atomic E-state index is 12.9. The Morgan fingerprint density at radius 2 is 1.80 bits per heavy atom. The zero-order chi connectivity index (χ0) is 10.7. The van der Waals surface area contributed by atoms with E-state index >= 15 is 0 Å². The Morgan fingerprint density at radius 1 is 1.07 bits per heavy atom. The normalized spacial score (nSPS) is 34.8. The second-order valence-electron chi connectivity index (χ2n) is 5.23. The van der Waals surface area contributed by atoms with E-state index in [2.05, 4.69) is 16.7 Å². The maximum atomic E-state index is 12.9. The molecule has 0 aromatic carbocycles. The summed E-state index contributed by atoms with van der Waals surface area (Å²) < 4.78 is 12.9. The Hall–Kier alpha value is -0.150. The lowest BCUT2D eigenvalue weighted by Crippen LogP contribution is -2.39. The van der Waals surface area contributed by atoms with Gasteiger partial charge in [0.1, 0.15) is 6.17 Å². The predicted molar refractivity (Wildman–Crippen MR) is 60.8 cm³/mol. The van der Waals surface area contributed by atoms with Crippen molar-refractivity contribution >= 4 is 0 Å². The van der Waals surface area contributed by atoms with Gasteiger partial charge in [-0.25, -0.2) is 4.39 Å². The third kappa shape index (κ3) is 3.42. The number of hydrogen-bond acceptors (Lipinski definition) is 2. The van der Waals surface area contributed by atoms with Crippen molar-refractivity contribution in [3.05, 3.63) is 0 Å². The summed E-state index contributed by atoms with van der Waals surface area (Å²) in [4.78, 5) is 4.81. The average molecular weight is 214 g/mol. The highest BCUT2D eigenvalue weighted by Crippen LogP contribution is 2.16. The SMILES string of the molecule is CC1CCCN(CCN2CCC(F)C2)C1. The van der Waals surface area contributed by atoms with Crippen molar-refractivity contribution in [2.75, 3.05) is 39.3 Å². The third-order valence-corrected chi connectivity index (χ3v) is 3.69. The highest BCUT2D eigenvalue weighted by Gasteiger charge is 2.22. The van der Waals surface area contributed by atoms with Gasteiger partial charge in [0.2, 0.25) is 0 Å². The third-order valence-electron chi connectivity index (χ3n) is 3.69. The van der Waals surface area contributed by atoms with Crippen molar-refractivity contribution in [2.45, 2.75) is 32.4 Å². The Morgan fingerprint density at radius 3 is 2.40 bits per heavy atom. The van der Waals surface area contributed by atoms with Crippen LogP contribution in [-0.4, -0.2) is 55.2 Å². The molecule has 88 valence electrons. The first-order chi connectivity index (χ1) is 7.24. The van der Waals surface area contributed by atoms with E-state index in [-0.39, 0.29) is 0 Å². The zero-order valence-corrected chi connectivity index (χ0v) is 9.79. The van der Waals surface area contributed by atoms with Gasteiger partial charge in [-0.15, -0.1) is 0 Å². The van der Waals surface area contributed by atoms with Gasteiger partial charge in [-0.3, -0.25) is 4.90 Å². The van der Waals surface area contributed by atoms with Crippen LogP contribution in [-0.2, 0) is 0 Å². The number of rotatable bonds is 3. The minimum absolute atomic E-state index is 0.565. The van der Waals surface area contributed by atoms with E-state index in [0.29, 0.717) is 6.54 Å². The molecule has 0 aromatic rings. The van der Waals surface area contributed by atoms with Gasteiger partial charge in [0.05, 0.1) is 0 Å². The van der Waals surface area contributed by atoms with Crippen LogP contribution < -0.4 is 0 Å². The quantitative estimate of drug-likeness (QED) is 0.706. The molecule has 2 aliphatic rings. The average Bonchev–Trinajstić information content (AvgIpc) is 2.62. The fourth-order valence-electron chi connectivity index (χ4n) is 2.76. The van der Waals surface area contributed by atoms with Crippen molar-refractivity contribution in [1.29, 1.82) is 0 Å². The number of nitrogens with zero attached hydrogens (tertiary/aromatic N) is 2. The largest absolute Gasteiger partial charge is 0.302 e. The number of halogens is 1. The summed E-state index contributed by atoms with van der Waals surface area (Å²) >= 11 is 0. The molecule has 2 unspecified atom stereocenters. The highest BCUT2D eigenvalue weighted by atomic mass is 19.1. The topological polar surface area (TPSA) is 6.48 Å². The summed E-state index contributed by atoms with van der Waals surface area (Å²) in [6, 6.07) is 0. The first-order valence-corrected chi connectivity index (χ1v) is 6.33. The van der Waals surface area contributed by atoms with Crippen molar-refractivity contribution in [2.24, 2.45) is 5.92 Å². The van der Waals surface area contributed by atoms with Crippen LogP contribution in [0.2, 0.25) is 0 Å². The molecule has 2 fully saturated rings. The number of hydrogen-bond donors (Lipinski definition) is 0. The molecule has 15 heavy (non-hydrogen) atoms. The van der Waals surface area contributed by atoms with Gasteiger partial charge < -0.3 is 4.90 Å². The van der Waals surface area contributed by atoms with Crippen LogP contribution in [0.5, 0.6) is 0 Å². The molecule has 0 spiro atoms. The molecule has 2 nitrogen and oxygen atoms in total. The van der Waals surface area contributed by atoms with Crippen molar-refractivity contribution in [1.82, 2.24) is 9.80 Å². The van der Waals surface area contributed by atoms with E-state index in [4.69, 9.17) is 0 Å². The fourth-order valence-corrected chi connectivity index (χ4v) is 2.76. The molecule has 0 saturated carbocycles. The molecular formula is C12H23FN2. The molecule has 0 N–H and O–H groups in total. The van der Waals surface area contributed by atoms with Crippen LogP contribution in [0.1, 0.15) is 26.2 Å². The van der Waals surface area contributed by atoms with Crippen LogP contribution >= 0.6 is 0 Å². The minimum Gasteiger partial charge on any atom is -0.302 e. The molecule has 2 aliphatic heterocycles. The second kappa shape index (κ2) is 5.26. The zero-order valence-electron chi connectivity index (χ0n) is 9.79. The molecule has 3 heteroatoms. The fraction of sp³-hybridized carbons (Fsp3) is 1.00. The molecule has 0 aliphatic carbocycles. The van der Waals surface area contributed by atoms with E-state index in [9.17, 15) is 4.39 Å². The molecule has 2 saturated heterocycles. The lowest BCUT2D eigenvalue weighted by atomic mass is 10.0. The molecular weight excluding hydrogens is 191 g/mol. The van der Waals surface area contributed by atoms with Crippen molar-refractivity contribution in [3.63, 3.8) is 0 Å². The van der Waals surface area contributed by atoms with E-state index in [0.717, 1.165) is 32.0 Å². The summed E-state index contributed by atoms with van der Waals surface area (Å²) in [6.45, 7) is 8.65. The van der Waals surface area contributed by atoms with Crippen molar-refractivity contribution < 1.29 is 4.39 Å². The van der Waals surface area contributed by atoms with Gasteiger partial charge in [-0.2, -0.15) is 0 Å². The predicted octanol–water partition coefficient (Wildman–Crippen LogP) is 1.76. The first-order valence-electron chi connectivity index (χ1n) is 6.33. The van der Waals surface area contributed by atoms with Gasteiger partial charge >= 0.3 is 0 Å². The van der Waals surface area contributed by atoms with Gasteiger partial charge in [0.15, 0.2) is 0 Å². The van der Waals surface area contributed by atoms with E-state index < -0.39 is 6.17 Å². The number of likely N-dealkylation sites (tertiary alicyclic amines) is 2. The van der Waals surface area contributed by atoms with Gasteiger partial charge in [-0.1, -0.05) is 6.92 Å². The smallest absolute Gasteiger partial charge is 0.114 e. The highest BCUT2D eigenvalue weighted by molar-refractivity contribution is 4.77. The summed E-state index contributed by atoms with van der Waals surface area (Å²) in [7, 11) is 0. The second-order valence-corrected chi connectivity index (χ2v) is 5.23. The summed E-state index contributed by atoms with van der Waals surface area (Å²) in [5.41, 5.74) is 0. The van der Waals surface area contributed by atoms with Crippen LogP contribution in [0.15, 0.2) is 0 Å². The Kier molecular flexibility index (Phi) is 3.98. The van der Waals surface area contributed by atoms with Crippen LogP contribution in [0.3, 0.4) is 0 Å². The lowest BCUT2D eigenvalue weighted by Gasteiger charge is -2.32. The monoisotopic (exact) mass is 214 g/mol. The number of piperidine rings is 1. The van der Waals surface area contributed by atoms with Crippen LogP contribution in [0.4, 0.5) is 4.39 Å². The Balaban J connectivity index is 1.64. The number of alkyl halides is 1. The molecule has 2 rings (SSSR count). The van der Waals surface area contributed by atoms with E-state index in [1.807, 2.05) is 0 Å². The molecule has 0 amide bonds. The van der Waals surface area contributed by atoms with Crippen molar-refractivity contribution in [3.8, 4) is 0 Å². The van der Waals surface area contributed by atoms with Gasteiger partial charge in [0, 0.05) is 32.7 Å². The van der Waals surface area contributed by atoms with Crippen LogP contribution in [0.25, 0.3) is 0 Å². The maximum Gasteiger partial charge on any atom is 0.114 e. The molecule has 2 atom stereocenters. The van der Waals surface area contributed by atoms with Gasteiger partial charge in [0.25, 0.3) is 0 Å². The molecule has 0 aromatic heterocycles. The molecule has 0 bridgehead atoms. The lowest BCUT2D eigenvalue weighted by molar-refractivity contribution is 0.160. The summed E-state index contributed by atoms with van der Waals surface area (Å²) in [6.07, 6.45) is 2.90. The Bertz CT molecular complexity index is 198. The van der Waals surface area contributed by atoms with E-state index in [1.54, 1.807) is 0 Å². The van der Waals surface area contributed by atoms with Crippen LogP contribution in [0, 0.1) is 5.92 Å². The molecule has 0 radical (unpaired) electrons. The summed E-state index contributed by atoms with van der Waals surface area (Å²) in [5.74, 6) is 0.853. The Labute approximate surface area is 92.4 Å². The standard InChI is InChI=1S/C12H23FN2/c1-11-3-2-5-14(9-11)7-8-15-6-4-12(13)10-15/h11-12H,2-10H2,1H3. The molecule has 2 heterocycles. The van der Waals surface area contributed by atoms with Gasteiger partial charge in [-0.05, 0) is 31.7 Å². The minimum atomic E-state index is -0.565. The first kappa shape index (κ1) is 11.3. The summed E-state index contributed by atoms with van der Waals surface area (Å²) in [5, 5.41) is 0. The van der Waals surface area contributed by atoms with E-state index in [1.165, 1.54) is 25.9 Å².